The molecule has 1 aliphatic heterocycles. The molecule has 1 heterocycles. The molecule has 1 atom stereocenters. The van der Waals surface area contributed by atoms with Gasteiger partial charge in [-0.2, -0.15) is 0 Å². The van der Waals surface area contributed by atoms with Crippen LogP contribution in [0, 0.1) is 0 Å². The molecule has 0 spiro atoms. The van der Waals surface area contributed by atoms with Crippen molar-refractivity contribution in [2.75, 3.05) is 92.3 Å². The van der Waals surface area contributed by atoms with Crippen molar-refractivity contribution >= 4 is 17.9 Å². The van der Waals surface area contributed by atoms with Crippen LogP contribution in [0.4, 0.5) is 0 Å². The van der Waals surface area contributed by atoms with Gasteiger partial charge in [-0.15, -0.1) is 0 Å². The van der Waals surface area contributed by atoms with Gasteiger partial charge in [0.1, 0.15) is 0 Å². The summed E-state index contributed by atoms with van der Waals surface area (Å²) in [7, 11) is 1.49. The Bertz CT molecular complexity index is 518. The minimum absolute atomic E-state index is 0.165. The fourth-order valence-electron chi connectivity index (χ4n) is 3.35. The van der Waals surface area contributed by atoms with E-state index in [1.54, 1.807) is 14.7 Å². The number of aliphatic hydroxyl groups excluding tert-OH is 1. The van der Waals surface area contributed by atoms with E-state index in [4.69, 9.17) is 9.84 Å². The number of carbonyl (C=O) groups is 3. The van der Waals surface area contributed by atoms with E-state index in [1.807, 2.05) is 4.90 Å². The van der Waals surface area contributed by atoms with Crippen LogP contribution in [0.15, 0.2) is 0 Å². The molecule has 12 heteroatoms. The minimum Gasteiger partial charge on any atom is -0.480 e. The quantitative estimate of drug-likeness (QED) is 0.287. The van der Waals surface area contributed by atoms with Crippen molar-refractivity contribution in [3.05, 3.63) is 0 Å². The maximum Gasteiger partial charge on any atom is 0.317 e. The third kappa shape index (κ3) is 12.0. The Balaban J connectivity index is 2.91. The molecule has 174 valence electrons. The highest BCUT2D eigenvalue weighted by Gasteiger charge is 2.21. The second-order valence-corrected chi connectivity index (χ2v) is 7.42. The first-order valence-corrected chi connectivity index (χ1v) is 9.91. The Kier molecular flexibility index (Phi) is 12.4. The molecule has 1 rings (SSSR count). The van der Waals surface area contributed by atoms with Crippen LogP contribution in [0.2, 0.25) is 0 Å². The number of hydrogen-bond acceptors (Lipinski definition) is 9. The highest BCUT2D eigenvalue weighted by Crippen LogP contribution is 2.02. The lowest BCUT2D eigenvalue weighted by molar-refractivity contribution is -0.140. The molecule has 4 N–H and O–H groups in total. The zero-order chi connectivity index (χ0) is 22.5. The molecule has 0 aromatic rings. The molecule has 30 heavy (non-hydrogen) atoms. The summed E-state index contributed by atoms with van der Waals surface area (Å²) in [5.74, 6) is -2.93. The van der Waals surface area contributed by atoms with Crippen LogP contribution in [0.5, 0.6) is 0 Å². The van der Waals surface area contributed by atoms with Crippen LogP contribution in [0.1, 0.15) is 0 Å². The standard InChI is InChI=1S/C18H34N4O8/c1-30-14-15(23)10-19-2-4-20(11-16(24)25)6-8-22(13-18(28)29)9-7-21(5-3-19)12-17(26)27/h15,23H,2-14H2,1H3,(H,24,25)(H,26,27)(H,28,29). The van der Waals surface area contributed by atoms with E-state index < -0.39 is 24.0 Å². The normalized spacial score (nSPS) is 20.2. The summed E-state index contributed by atoms with van der Waals surface area (Å²) in [6.45, 7) is 3.20. The molecular weight excluding hydrogens is 400 g/mol. The van der Waals surface area contributed by atoms with Crippen molar-refractivity contribution in [2.24, 2.45) is 0 Å². The smallest absolute Gasteiger partial charge is 0.317 e. The molecular formula is C18H34N4O8. The van der Waals surface area contributed by atoms with Crippen molar-refractivity contribution in [1.82, 2.24) is 19.6 Å². The lowest BCUT2D eigenvalue weighted by Gasteiger charge is -2.33. The van der Waals surface area contributed by atoms with Crippen molar-refractivity contribution < 1.29 is 39.5 Å². The van der Waals surface area contributed by atoms with Crippen LogP contribution >= 0.6 is 0 Å². The SMILES string of the molecule is COCC(O)CN1CCN(CC(=O)O)CCN(CC(=O)O)CCN(CC(=O)O)CC1. The average Bonchev–Trinajstić information content (AvgIpc) is 2.62. The van der Waals surface area contributed by atoms with Gasteiger partial charge in [-0.05, 0) is 0 Å². The summed E-state index contributed by atoms with van der Waals surface area (Å²) in [4.78, 5) is 40.7. The fourth-order valence-corrected chi connectivity index (χ4v) is 3.35. The summed E-state index contributed by atoms with van der Waals surface area (Å²) in [6, 6.07) is 0. The lowest BCUT2D eigenvalue weighted by atomic mass is 10.3. The van der Waals surface area contributed by atoms with Crippen LogP contribution in [-0.4, -0.2) is 156 Å². The Morgan fingerprint density at radius 2 is 1.00 bits per heavy atom. The Labute approximate surface area is 176 Å². The number of ether oxygens (including phenoxy) is 1. The number of nitrogens with zero attached hydrogens (tertiary/aromatic N) is 4. The van der Waals surface area contributed by atoms with E-state index in [-0.39, 0.29) is 26.2 Å². The van der Waals surface area contributed by atoms with Crippen LogP contribution < -0.4 is 0 Å². The topological polar surface area (TPSA) is 154 Å². The number of hydrogen-bond donors (Lipinski definition) is 4. The first kappa shape index (κ1) is 26.2. The highest BCUT2D eigenvalue weighted by atomic mass is 16.5. The summed E-state index contributed by atoms with van der Waals surface area (Å²) >= 11 is 0. The Morgan fingerprint density at radius 1 is 0.700 bits per heavy atom. The van der Waals surface area contributed by atoms with Crippen molar-refractivity contribution in [1.29, 1.82) is 0 Å². The largest absolute Gasteiger partial charge is 0.480 e. The molecule has 0 bridgehead atoms. The van der Waals surface area contributed by atoms with Gasteiger partial charge in [0.05, 0.1) is 32.3 Å². The third-order valence-electron chi connectivity index (χ3n) is 4.83. The van der Waals surface area contributed by atoms with Crippen LogP contribution in [0.3, 0.4) is 0 Å². The Morgan fingerprint density at radius 3 is 1.27 bits per heavy atom. The van der Waals surface area contributed by atoms with Crippen molar-refractivity contribution in [3.63, 3.8) is 0 Å². The summed E-state index contributed by atoms with van der Waals surface area (Å²) in [5, 5.41) is 37.6. The third-order valence-corrected chi connectivity index (χ3v) is 4.83. The Hall–Kier alpha value is -1.83. The maximum absolute atomic E-state index is 11.2. The van der Waals surface area contributed by atoms with Gasteiger partial charge in [-0.25, -0.2) is 0 Å². The van der Waals surface area contributed by atoms with Gasteiger partial charge in [0.2, 0.25) is 0 Å². The van der Waals surface area contributed by atoms with E-state index in [9.17, 15) is 29.7 Å². The molecule has 1 unspecified atom stereocenters. The predicted octanol–water partition coefficient (Wildman–Crippen LogP) is -2.53. The second kappa shape index (κ2) is 14.2. The van der Waals surface area contributed by atoms with Gasteiger partial charge in [0, 0.05) is 66.0 Å². The minimum atomic E-state index is -0.991. The zero-order valence-corrected chi connectivity index (χ0v) is 17.5. The van der Waals surface area contributed by atoms with Gasteiger partial charge < -0.3 is 25.2 Å². The van der Waals surface area contributed by atoms with E-state index >= 15 is 0 Å². The first-order valence-electron chi connectivity index (χ1n) is 9.91. The zero-order valence-electron chi connectivity index (χ0n) is 17.5. The number of aliphatic hydroxyl groups is 1. The number of carboxylic acids is 3. The average molecular weight is 434 g/mol. The summed E-state index contributed by atoms with van der Waals surface area (Å²) in [6.07, 6.45) is -0.713. The number of rotatable bonds is 10. The van der Waals surface area contributed by atoms with Crippen LogP contribution in [0.25, 0.3) is 0 Å². The monoisotopic (exact) mass is 434 g/mol. The number of carboxylic acid groups (broad SMARTS) is 3. The van der Waals surface area contributed by atoms with E-state index in [2.05, 4.69) is 0 Å². The number of methoxy groups -OCH3 is 1. The fraction of sp³-hybridized carbons (Fsp3) is 0.833. The molecule has 0 amide bonds. The van der Waals surface area contributed by atoms with Gasteiger partial charge in [0.25, 0.3) is 0 Å². The molecule has 0 aromatic heterocycles. The molecule has 1 saturated heterocycles. The van der Waals surface area contributed by atoms with E-state index in [0.29, 0.717) is 58.9 Å². The summed E-state index contributed by atoms with van der Waals surface area (Å²) < 4.78 is 4.97. The highest BCUT2D eigenvalue weighted by molar-refractivity contribution is 5.69. The molecule has 0 aromatic carbocycles. The molecule has 0 aliphatic carbocycles. The molecule has 1 fully saturated rings. The van der Waals surface area contributed by atoms with Gasteiger partial charge >= 0.3 is 17.9 Å². The summed E-state index contributed by atoms with van der Waals surface area (Å²) in [5.41, 5.74) is 0. The predicted molar refractivity (Wildman–Crippen MR) is 107 cm³/mol. The van der Waals surface area contributed by atoms with Gasteiger partial charge in [-0.3, -0.25) is 34.0 Å². The van der Waals surface area contributed by atoms with E-state index in [0.717, 1.165) is 0 Å². The lowest BCUT2D eigenvalue weighted by Crippen LogP contribution is -2.49. The molecule has 0 saturated carbocycles. The first-order chi connectivity index (χ1) is 14.2. The van der Waals surface area contributed by atoms with Gasteiger partial charge in [0.15, 0.2) is 0 Å². The van der Waals surface area contributed by atoms with Crippen molar-refractivity contribution in [3.8, 4) is 0 Å². The molecule has 12 nitrogen and oxygen atoms in total. The van der Waals surface area contributed by atoms with Crippen molar-refractivity contribution in [2.45, 2.75) is 6.10 Å². The molecule has 1 aliphatic rings. The van der Waals surface area contributed by atoms with E-state index in [1.165, 1.54) is 7.11 Å². The number of aliphatic carboxylic acids is 3. The second-order valence-electron chi connectivity index (χ2n) is 7.42. The van der Waals surface area contributed by atoms with Crippen LogP contribution in [-0.2, 0) is 19.1 Å². The molecule has 0 radical (unpaired) electrons. The maximum atomic E-state index is 11.2. The number of β-amino-alcohol motifs (C(OH)–C–C–N with tert-alkyl or cyclic N) is 1. The van der Waals surface area contributed by atoms with Gasteiger partial charge in [-0.1, -0.05) is 0 Å².